The molecule has 0 atom stereocenters. The molecule has 0 N–H and O–H groups in total. The third-order valence-electron chi connectivity index (χ3n) is 2.42. The van der Waals surface area contributed by atoms with Gasteiger partial charge in [0.15, 0.2) is 5.78 Å². The first kappa shape index (κ1) is 10.5. The number of Topliss-reactive ketones (excluding diaryl/α,β-unsaturated/α-hetero) is 1. The van der Waals surface area contributed by atoms with Gasteiger partial charge in [-0.25, -0.2) is 0 Å². The first-order valence-electron chi connectivity index (χ1n) is 5.16. The minimum Gasteiger partial charge on any atom is -0.294 e. The second kappa shape index (κ2) is 4.70. The summed E-state index contributed by atoms with van der Waals surface area (Å²) in [7, 11) is 1.81. The zero-order valence-corrected chi connectivity index (χ0v) is 9.13. The molecule has 4 nitrogen and oxygen atoms in total. The Bertz CT molecular complexity index is 476. The van der Waals surface area contributed by atoms with E-state index in [-0.39, 0.29) is 5.78 Å². The maximum Gasteiger partial charge on any atom is 0.166 e. The van der Waals surface area contributed by atoms with Crippen LogP contribution >= 0.6 is 0 Å². The van der Waals surface area contributed by atoms with Gasteiger partial charge in [-0.3, -0.25) is 14.5 Å². The van der Waals surface area contributed by atoms with Gasteiger partial charge in [-0.1, -0.05) is 0 Å². The average Bonchev–Trinajstić information content (AvgIpc) is 2.74. The number of carbonyl (C=O) groups excluding carboxylic acids is 1. The van der Waals surface area contributed by atoms with E-state index in [0.29, 0.717) is 12.0 Å². The highest BCUT2D eigenvalue weighted by Gasteiger charge is 2.07. The second-order valence-electron chi connectivity index (χ2n) is 3.68. The van der Waals surface area contributed by atoms with Gasteiger partial charge in [0.1, 0.15) is 0 Å². The van der Waals surface area contributed by atoms with Crippen LogP contribution in [-0.2, 0) is 13.5 Å². The van der Waals surface area contributed by atoms with Gasteiger partial charge < -0.3 is 0 Å². The highest BCUT2D eigenvalue weighted by atomic mass is 16.1. The molecule has 4 heteroatoms. The van der Waals surface area contributed by atoms with Crippen LogP contribution < -0.4 is 0 Å². The van der Waals surface area contributed by atoms with Crippen LogP contribution in [0, 0.1) is 0 Å². The third-order valence-corrected chi connectivity index (χ3v) is 2.42. The van der Waals surface area contributed by atoms with Crippen LogP contribution in [0.1, 0.15) is 22.3 Å². The van der Waals surface area contributed by atoms with E-state index in [1.165, 1.54) is 0 Å². The van der Waals surface area contributed by atoms with E-state index >= 15 is 0 Å². The Morgan fingerprint density at radius 3 is 2.75 bits per heavy atom. The van der Waals surface area contributed by atoms with Crippen molar-refractivity contribution >= 4 is 5.78 Å². The van der Waals surface area contributed by atoms with Crippen molar-refractivity contribution in [2.45, 2.75) is 12.8 Å². The Balaban J connectivity index is 1.94. The number of carbonyl (C=O) groups is 1. The molecule has 0 aromatic carbocycles. The maximum absolute atomic E-state index is 11.8. The van der Waals surface area contributed by atoms with Crippen molar-refractivity contribution in [3.8, 4) is 0 Å². The molecular weight excluding hydrogens is 202 g/mol. The first-order valence-corrected chi connectivity index (χ1v) is 5.16. The van der Waals surface area contributed by atoms with Crippen LogP contribution in [0.2, 0.25) is 0 Å². The fourth-order valence-electron chi connectivity index (χ4n) is 1.52. The molecule has 0 aliphatic rings. The molecule has 2 aromatic rings. The SMILES string of the molecule is Cn1cc(C(=O)CCc2ccncc2)cn1. The summed E-state index contributed by atoms with van der Waals surface area (Å²) in [4.78, 5) is 15.7. The lowest BCUT2D eigenvalue weighted by Gasteiger charge is -1.98. The number of hydrogen-bond donors (Lipinski definition) is 0. The summed E-state index contributed by atoms with van der Waals surface area (Å²) in [5, 5.41) is 3.98. The topological polar surface area (TPSA) is 47.8 Å². The predicted molar refractivity (Wildman–Crippen MR) is 60.1 cm³/mol. The standard InChI is InChI=1S/C12H13N3O/c1-15-9-11(8-14-15)12(16)3-2-10-4-6-13-7-5-10/h4-9H,2-3H2,1H3. The molecule has 0 spiro atoms. The minimum absolute atomic E-state index is 0.130. The fraction of sp³-hybridized carbons (Fsp3) is 0.250. The van der Waals surface area contributed by atoms with E-state index in [1.54, 1.807) is 36.5 Å². The van der Waals surface area contributed by atoms with Gasteiger partial charge in [-0.2, -0.15) is 5.10 Å². The molecule has 0 aliphatic heterocycles. The van der Waals surface area contributed by atoms with Gasteiger partial charge >= 0.3 is 0 Å². The molecule has 2 aromatic heterocycles. The number of rotatable bonds is 4. The lowest BCUT2D eigenvalue weighted by molar-refractivity contribution is 0.0983. The second-order valence-corrected chi connectivity index (χ2v) is 3.68. The molecule has 2 rings (SSSR count). The zero-order valence-electron chi connectivity index (χ0n) is 9.13. The summed E-state index contributed by atoms with van der Waals surface area (Å²) in [5.41, 5.74) is 1.81. The summed E-state index contributed by atoms with van der Waals surface area (Å²) in [6, 6.07) is 3.85. The van der Waals surface area contributed by atoms with Crippen LogP contribution in [0.25, 0.3) is 0 Å². The van der Waals surface area contributed by atoms with Gasteiger partial charge in [-0.15, -0.1) is 0 Å². The summed E-state index contributed by atoms with van der Waals surface area (Å²) in [5.74, 6) is 0.130. The molecule has 0 aliphatic carbocycles. The Labute approximate surface area is 93.9 Å². The van der Waals surface area contributed by atoms with E-state index in [2.05, 4.69) is 10.1 Å². The summed E-state index contributed by atoms with van der Waals surface area (Å²) < 4.78 is 1.64. The van der Waals surface area contributed by atoms with Crippen molar-refractivity contribution in [2.24, 2.45) is 7.05 Å². The van der Waals surface area contributed by atoms with Crippen molar-refractivity contribution in [3.63, 3.8) is 0 Å². The molecule has 0 radical (unpaired) electrons. The Morgan fingerprint density at radius 1 is 1.38 bits per heavy atom. The highest BCUT2D eigenvalue weighted by Crippen LogP contribution is 2.06. The van der Waals surface area contributed by atoms with Crippen LogP contribution in [0.3, 0.4) is 0 Å². The van der Waals surface area contributed by atoms with E-state index in [0.717, 1.165) is 12.0 Å². The van der Waals surface area contributed by atoms with Crippen LogP contribution in [0.5, 0.6) is 0 Å². The van der Waals surface area contributed by atoms with Gasteiger partial charge in [0.2, 0.25) is 0 Å². The van der Waals surface area contributed by atoms with Crippen molar-refractivity contribution < 1.29 is 4.79 Å². The lowest BCUT2D eigenvalue weighted by Crippen LogP contribution is -2.00. The maximum atomic E-state index is 11.8. The predicted octanol–water partition coefficient (Wildman–Crippen LogP) is 1.63. The van der Waals surface area contributed by atoms with E-state index in [1.807, 2.05) is 12.1 Å². The van der Waals surface area contributed by atoms with Gasteiger partial charge in [-0.05, 0) is 24.1 Å². The van der Waals surface area contributed by atoms with Gasteiger partial charge in [0.05, 0.1) is 11.8 Å². The minimum atomic E-state index is 0.130. The fourth-order valence-corrected chi connectivity index (χ4v) is 1.52. The van der Waals surface area contributed by atoms with E-state index < -0.39 is 0 Å². The first-order chi connectivity index (χ1) is 7.75. The largest absolute Gasteiger partial charge is 0.294 e. The molecule has 0 unspecified atom stereocenters. The van der Waals surface area contributed by atoms with Crippen LogP contribution in [0.15, 0.2) is 36.9 Å². The molecule has 82 valence electrons. The quantitative estimate of drug-likeness (QED) is 0.728. The molecule has 0 saturated heterocycles. The normalized spacial score (nSPS) is 10.3. The number of ketones is 1. The van der Waals surface area contributed by atoms with Crippen LogP contribution in [0.4, 0.5) is 0 Å². The van der Waals surface area contributed by atoms with Gasteiger partial charge in [0, 0.05) is 32.1 Å². The Kier molecular flexibility index (Phi) is 3.10. The summed E-state index contributed by atoms with van der Waals surface area (Å²) in [6.45, 7) is 0. The number of pyridine rings is 1. The van der Waals surface area contributed by atoms with Crippen molar-refractivity contribution in [1.29, 1.82) is 0 Å². The molecule has 0 fully saturated rings. The number of aromatic nitrogens is 3. The molecule has 0 bridgehead atoms. The third kappa shape index (κ3) is 2.53. The van der Waals surface area contributed by atoms with E-state index in [9.17, 15) is 4.79 Å². The number of hydrogen-bond acceptors (Lipinski definition) is 3. The highest BCUT2D eigenvalue weighted by molar-refractivity contribution is 5.95. The zero-order chi connectivity index (χ0) is 11.4. The molecule has 2 heterocycles. The number of nitrogens with zero attached hydrogens (tertiary/aromatic N) is 3. The van der Waals surface area contributed by atoms with Crippen LogP contribution in [-0.4, -0.2) is 20.5 Å². The molecule has 16 heavy (non-hydrogen) atoms. The summed E-state index contributed by atoms with van der Waals surface area (Å²) in [6.07, 6.45) is 8.09. The number of aryl methyl sites for hydroxylation is 2. The van der Waals surface area contributed by atoms with E-state index in [4.69, 9.17) is 0 Å². The molecule has 0 amide bonds. The van der Waals surface area contributed by atoms with Gasteiger partial charge in [0.25, 0.3) is 0 Å². The average molecular weight is 215 g/mol. The van der Waals surface area contributed by atoms with Crippen molar-refractivity contribution in [3.05, 3.63) is 48.0 Å². The summed E-state index contributed by atoms with van der Waals surface area (Å²) >= 11 is 0. The smallest absolute Gasteiger partial charge is 0.166 e. The Hall–Kier alpha value is -1.97. The monoisotopic (exact) mass is 215 g/mol. The Morgan fingerprint density at radius 2 is 2.12 bits per heavy atom. The van der Waals surface area contributed by atoms with Crippen molar-refractivity contribution in [1.82, 2.24) is 14.8 Å². The molecule has 0 saturated carbocycles. The lowest BCUT2D eigenvalue weighted by atomic mass is 10.1. The molecular formula is C12H13N3O. The van der Waals surface area contributed by atoms with Crippen molar-refractivity contribution in [2.75, 3.05) is 0 Å².